The summed E-state index contributed by atoms with van der Waals surface area (Å²) in [6, 6.07) is 7.88. The summed E-state index contributed by atoms with van der Waals surface area (Å²) in [7, 11) is 0. The van der Waals surface area contributed by atoms with Crippen molar-refractivity contribution in [1.82, 2.24) is 0 Å². The van der Waals surface area contributed by atoms with Crippen molar-refractivity contribution in [2.75, 3.05) is 0 Å². The predicted octanol–water partition coefficient (Wildman–Crippen LogP) is 0.559. The highest BCUT2D eigenvalue weighted by molar-refractivity contribution is 5.77. The van der Waals surface area contributed by atoms with E-state index in [9.17, 15) is 0 Å². The Hall–Kier alpha value is -1.19. The molecule has 0 bridgehead atoms. The van der Waals surface area contributed by atoms with Gasteiger partial charge in [-0.05, 0) is 11.6 Å². The van der Waals surface area contributed by atoms with Gasteiger partial charge in [0.15, 0.2) is 0 Å². The zero-order valence-electron chi connectivity index (χ0n) is 6.70. The molecule has 3 heteroatoms. The molecule has 4 N–H and O–H groups in total. The van der Waals surface area contributed by atoms with Gasteiger partial charge in [-0.3, -0.25) is 4.99 Å². The topological polar surface area (TPSA) is 64.4 Å². The van der Waals surface area contributed by atoms with Crippen LogP contribution in [0.4, 0.5) is 5.69 Å². The Labute approximate surface area is 71.1 Å². The molecule has 0 aromatic heterocycles. The third-order valence-corrected chi connectivity index (χ3v) is 1.93. The summed E-state index contributed by atoms with van der Waals surface area (Å²) >= 11 is 0. The minimum absolute atomic E-state index is 0.659. The van der Waals surface area contributed by atoms with E-state index in [1.54, 1.807) is 6.21 Å². The van der Waals surface area contributed by atoms with Crippen molar-refractivity contribution in [3.63, 3.8) is 0 Å². The van der Waals surface area contributed by atoms with E-state index in [0.29, 0.717) is 6.42 Å². The average Bonchev–Trinajstić information content (AvgIpc) is 2.02. The molecule has 0 saturated carbocycles. The number of nitrogens with two attached hydrogens (primary N) is 2. The first-order chi connectivity index (χ1) is 5.67. The Morgan fingerprint density at radius 2 is 2.00 bits per heavy atom. The van der Waals surface area contributed by atoms with E-state index in [-0.39, 0.29) is 0 Å². The van der Waals surface area contributed by atoms with Crippen molar-refractivity contribution in [3.05, 3.63) is 29.8 Å². The Kier molecular flexibility index (Phi) is 1.49. The highest BCUT2D eigenvalue weighted by Gasteiger charge is 2.21. The van der Waals surface area contributed by atoms with Crippen LogP contribution >= 0.6 is 0 Å². The Morgan fingerprint density at radius 3 is 2.83 bits per heavy atom. The van der Waals surface area contributed by atoms with E-state index in [1.165, 1.54) is 0 Å². The number of hydrogen-bond donors (Lipinski definition) is 2. The van der Waals surface area contributed by atoms with Crippen LogP contribution < -0.4 is 11.5 Å². The van der Waals surface area contributed by atoms with E-state index in [4.69, 9.17) is 11.5 Å². The molecule has 1 aliphatic heterocycles. The molecule has 0 atom stereocenters. The SMILES string of the molecule is NC1(N)C=Nc2ccccc2C1. The van der Waals surface area contributed by atoms with Crippen LogP contribution in [0.3, 0.4) is 0 Å². The van der Waals surface area contributed by atoms with Crippen LogP contribution in [-0.2, 0) is 6.42 Å². The van der Waals surface area contributed by atoms with Crippen LogP contribution in [0, 0.1) is 0 Å². The molecule has 1 heterocycles. The van der Waals surface area contributed by atoms with E-state index in [0.717, 1.165) is 11.3 Å². The first-order valence-electron chi connectivity index (χ1n) is 3.88. The quantitative estimate of drug-likeness (QED) is 0.546. The lowest BCUT2D eigenvalue weighted by atomic mass is 9.98. The average molecular weight is 161 g/mol. The molecule has 2 rings (SSSR count). The summed E-state index contributed by atoms with van der Waals surface area (Å²) < 4.78 is 0. The fourth-order valence-corrected chi connectivity index (χ4v) is 1.35. The van der Waals surface area contributed by atoms with Gasteiger partial charge in [0, 0.05) is 12.6 Å². The van der Waals surface area contributed by atoms with E-state index < -0.39 is 5.66 Å². The van der Waals surface area contributed by atoms with Gasteiger partial charge in [0.1, 0.15) is 5.66 Å². The molecule has 3 nitrogen and oxygen atoms in total. The summed E-state index contributed by atoms with van der Waals surface area (Å²) in [6.45, 7) is 0. The largest absolute Gasteiger partial charge is 0.309 e. The summed E-state index contributed by atoms with van der Waals surface area (Å²) in [6.07, 6.45) is 2.27. The third-order valence-electron chi connectivity index (χ3n) is 1.93. The van der Waals surface area contributed by atoms with Crippen LogP contribution in [-0.4, -0.2) is 11.9 Å². The molecule has 0 saturated heterocycles. The molecular weight excluding hydrogens is 150 g/mol. The normalized spacial score (nSPS) is 18.8. The zero-order chi connectivity index (χ0) is 8.60. The van der Waals surface area contributed by atoms with Crippen LogP contribution in [0.1, 0.15) is 5.56 Å². The minimum atomic E-state index is -0.769. The fraction of sp³-hybridized carbons (Fsp3) is 0.222. The summed E-state index contributed by atoms with van der Waals surface area (Å²) in [5, 5.41) is 0. The predicted molar refractivity (Wildman–Crippen MR) is 49.4 cm³/mol. The molecule has 62 valence electrons. The van der Waals surface area contributed by atoms with E-state index >= 15 is 0 Å². The summed E-state index contributed by atoms with van der Waals surface area (Å²) in [4.78, 5) is 4.17. The lowest BCUT2D eigenvalue weighted by Gasteiger charge is -2.24. The van der Waals surface area contributed by atoms with E-state index in [1.807, 2.05) is 24.3 Å². The molecule has 0 amide bonds. The number of fused-ring (bicyclic) bond motifs is 1. The molecule has 0 spiro atoms. The monoisotopic (exact) mass is 161 g/mol. The third kappa shape index (κ3) is 1.24. The number of rotatable bonds is 0. The van der Waals surface area contributed by atoms with Gasteiger partial charge in [-0.25, -0.2) is 0 Å². The second kappa shape index (κ2) is 2.40. The number of nitrogens with zero attached hydrogens (tertiary/aromatic N) is 1. The van der Waals surface area contributed by atoms with Crippen molar-refractivity contribution >= 4 is 11.9 Å². The maximum atomic E-state index is 5.72. The van der Waals surface area contributed by atoms with Crippen LogP contribution in [0.5, 0.6) is 0 Å². The van der Waals surface area contributed by atoms with Gasteiger partial charge in [0.05, 0.1) is 5.69 Å². The molecule has 1 aromatic carbocycles. The van der Waals surface area contributed by atoms with Crippen LogP contribution in [0.25, 0.3) is 0 Å². The molecule has 1 aliphatic rings. The lowest BCUT2D eigenvalue weighted by molar-refractivity contribution is 0.595. The Balaban J connectivity index is 2.46. The van der Waals surface area contributed by atoms with Gasteiger partial charge in [-0.15, -0.1) is 0 Å². The zero-order valence-corrected chi connectivity index (χ0v) is 6.70. The van der Waals surface area contributed by atoms with Gasteiger partial charge in [0.2, 0.25) is 0 Å². The minimum Gasteiger partial charge on any atom is -0.309 e. The molecular formula is C9H11N3. The molecule has 1 aromatic rings. The standard InChI is InChI=1S/C9H11N3/c10-9(11)5-7-3-1-2-4-8(7)12-6-9/h1-4,6H,5,10-11H2. The van der Waals surface area contributed by atoms with Gasteiger partial charge >= 0.3 is 0 Å². The highest BCUT2D eigenvalue weighted by Crippen LogP contribution is 2.24. The number of aliphatic imine (C=N–C) groups is 1. The Morgan fingerprint density at radius 1 is 1.25 bits per heavy atom. The second-order valence-corrected chi connectivity index (χ2v) is 3.18. The first kappa shape index (κ1) is 7.46. The molecule has 0 aliphatic carbocycles. The molecule has 12 heavy (non-hydrogen) atoms. The number of benzene rings is 1. The van der Waals surface area contributed by atoms with Gasteiger partial charge in [0.25, 0.3) is 0 Å². The Bertz CT molecular complexity index is 328. The maximum Gasteiger partial charge on any atom is 0.104 e. The lowest BCUT2D eigenvalue weighted by Crippen LogP contribution is -2.53. The first-order valence-corrected chi connectivity index (χ1v) is 3.88. The molecule has 0 fully saturated rings. The number of para-hydroxylation sites is 1. The van der Waals surface area contributed by atoms with Crippen molar-refractivity contribution < 1.29 is 0 Å². The smallest absolute Gasteiger partial charge is 0.104 e. The van der Waals surface area contributed by atoms with Gasteiger partial charge in [-0.2, -0.15) is 0 Å². The van der Waals surface area contributed by atoms with Crippen molar-refractivity contribution in [1.29, 1.82) is 0 Å². The van der Waals surface area contributed by atoms with E-state index in [2.05, 4.69) is 4.99 Å². The highest BCUT2D eigenvalue weighted by atomic mass is 15.0. The second-order valence-electron chi connectivity index (χ2n) is 3.18. The fourth-order valence-electron chi connectivity index (χ4n) is 1.35. The van der Waals surface area contributed by atoms with Crippen molar-refractivity contribution in [2.45, 2.75) is 12.1 Å². The van der Waals surface area contributed by atoms with Crippen LogP contribution in [0.2, 0.25) is 0 Å². The summed E-state index contributed by atoms with van der Waals surface area (Å²) in [5.41, 5.74) is 12.8. The molecule has 0 unspecified atom stereocenters. The van der Waals surface area contributed by atoms with Gasteiger partial charge < -0.3 is 11.5 Å². The van der Waals surface area contributed by atoms with Gasteiger partial charge in [-0.1, -0.05) is 18.2 Å². The van der Waals surface area contributed by atoms with Crippen molar-refractivity contribution in [2.24, 2.45) is 16.5 Å². The number of hydrogen-bond acceptors (Lipinski definition) is 3. The van der Waals surface area contributed by atoms with Crippen LogP contribution in [0.15, 0.2) is 29.3 Å². The molecule has 0 radical (unpaired) electrons. The summed E-state index contributed by atoms with van der Waals surface area (Å²) in [5.74, 6) is 0. The maximum absolute atomic E-state index is 5.72. The van der Waals surface area contributed by atoms with Crippen molar-refractivity contribution in [3.8, 4) is 0 Å².